The predicted octanol–water partition coefficient (Wildman–Crippen LogP) is 1.32. The molecule has 0 spiro atoms. The lowest BCUT2D eigenvalue weighted by Crippen LogP contribution is -2.13. The van der Waals surface area contributed by atoms with Gasteiger partial charge in [0.05, 0.1) is 0 Å². The average molecular weight is 244 g/mol. The summed E-state index contributed by atoms with van der Waals surface area (Å²) in [6, 6.07) is 3.02. The van der Waals surface area contributed by atoms with E-state index in [2.05, 4.69) is 15.5 Å². The van der Waals surface area contributed by atoms with Crippen LogP contribution in [0.5, 0.6) is 0 Å². The maximum atomic E-state index is 11.3. The van der Waals surface area contributed by atoms with Crippen molar-refractivity contribution in [3.05, 3.63) is 17.3 Å². The molecular weight excluding hydrogens is 234 g/mol. The van der Waals surface area contributed by atoms with Crippen molar-refractivity contribution in [3.63, 3.8) is 0 Å². The largest absolute Gasteiger partial charge is 0.481 e. The summed E-state index contributed by atoms with van der Waals surface area (Å²) in [6.45, 7) is 0. The first kappa shape index (κ1) is 12.4. The first-order chi connectivity index (χ1) is 7.58. The van der Waals surface area contributed by atoms with Gasteiger partial charge in [-0.3, -0.25) is 9.59 Å². The van der Waals surface area contributed by atoms with E-state index < -0.39 is 5.97 Å². The Morgan fingerprint density at radius 3 is 2.62 bits per heavy atom. The molecule has 0 saturated carbocycles. The van der Waals surface area contributed by atoms with Gasteiger partial charge in [-0.05, 0) is 18.6 Å². The summed E-state index contributed by atoms with van der Waals surface area (Å²) in [6.07, 6.45) is 0.401. The normalized spacial score (nSPS) is 9.81. The first-order valence-corrected chi connectivity index (χ1v) is 4.96. The second-order valence-corrected chi connectivity index (χ2v) is 3.42. The van der Waals surface area contributed by atoms with Crippen molar-refractivity contribution in [3.8, 4) is 0 Å². The second kappa shape index (κ2) is 6.02. The molecule has 7 heteroatoms. The van der Waals surface area contributed by atoms with Gasteiger partial charge >= 0.3 is 5.97 Å². The predicted molar refractivity (Wildman–Crippen MR) is 57.2 cm³/mol. The summed E-state index contributed by atoms with van der Waals surface area (Å²) in [7, 11) is 0. The molecule has 0 unspecified atom stereocenters. The minimum Gasteiger partial charge on any atom is -0.481 e. The van der Waals surface area contributed by atoms with E-state index >= 15 is 0 Å². The number of hydrogen-bond donors (Lipinski definition) is 2. The van der Waals surface area contributed by atoms with E-state index in [1.807, 2.05) is 0 Å². The monoisotopic (exact) mass is 243 g/mol. The van der Waals surface area contributed by atoms with E-state index in [1.165, 1.54) is 12.1 Å². The fraction of sp³-hybridized carbons (Fsp3) is 0.333. The molecule has 86 valence electrons. The van der Waals surface area contributed by atoms with E-state index in [-0.39, 0.29) is 23.9 Å². The number of carboxylic acids is 1. The lowest BCUT2D eigenvalue weighted by Gasteiger charge is -2.02. The van der Waals surface area contributed by atoms with E-state index in [4.69, 9.17) is 16.7 Å². The summed E-state index contributed by atoms with van der Waals surface area (Å²) in [5.41, 5.74) is 0. The lowest BCUT2D eigenvalue weighted by atomic mass is 10.2. The number of hydrogen-bond acceptors (Lipinski definition) is 4. The highest BCUT2D eigenvalue weighted by atomic mass is 35.5. The Labute approximate surface area is 96.6 Å². The number of carbonyl (C=O) groups is 2. The third-order valence-corrected chi connectivity index (χ3v) is 1.90. The Morgan fingerprint density at radius 2 is 2.06 bits per heavy atom. The van der Waals surface area contributed by atoms with E-state index in [1.54, 1.807) is 0 Å². The van der Waals surface area contributed by atoms with Gasteiger partial charge in [0.1, 0.15) is 0 Å². The van der Waals surface area contributed by atoms with Crippen LogP contribution in [0.1, 0.15) is 19.3 Å². The number of aromatic nitrogens is 2. The van der Waals surface area contributed by atoms with Crippen LogP contribution in [0.3, 0.4) is 0 Å². The molecule has 0 atom stereocenters. The van der Waals surface area contributed by atoms with Gasteiger partial charge in [-0.1, -0.05) is 11.6 Å². The minimum atomic E-state index is -0.918. The van der Waals surface area contributed by atoms with Gasteiger partial charge in [0.2, 0.25) is 5.91 Å². The van der Waals surface area contributed by atoms with Gasteiger partial charge in [-0.15, -0.1) is 10.2 Å². The van der Waals surface area contributed by atoms with Crippen molar-refractivity contribution in [1.29, 1.82) is 0 Å². The number of rotatable bonds is 5. The highest BCUT2D eigenvalue weighted by molar-refractivity contribution is 6.29. The zero-order chi connectivity index (χ0) is 12.0. The van der Waals surface area contributed by atoms with Gasteiger partial charge in [0.25, 0.3) is 0 Å². The standard InChI is InChI=1S/C9H10ClN3O3/c10-6-4-5-7(13-12-6)11-8(14)2-1-3-9(15)16/h4-5H,1-3H2,(H,15,16)(H,11,13,14). The highest BCUT2D eigenvalue weighted by Gasteiger charge is 2.05. The molecule has 6 nitrogen and oxygen atoms in total. The minimum absolute atomic E-state index is 0.0281. The molecule has 0 aromatic carbocycles. The van der Waals surface area contributed by atoms with E-state index in [0.29, 0.717) is 12.2 Å². The molecule has 0 radical (unpaired) electrons. The summed E-state index contributed by atoms with van der Waals surface area (Å²) in [5.74, 6) is -0.915. The number of amides is 1. The van der Waals surface area contributed by atoms with Gasteiger partial charge in [0, 0.05) is 12.8 Å². The Bertz CT molecular complexity index is 380. The molecule has 0 saturated heterocycles. The molecule has 2 N–H and O–H groups in total. The first-order valence-electron chi connectivity index (χ1n) is 4.59. The number of aliphatic carboxylic acids is 1. The Morgan fingerprint density at radius 1 is 1.31 bits per heavy atom. The molecule has 1 amide bonds. The topological polar surface area (TPSA) is 92.2 Å². The third-order valence-electron chi connectivity index (χ3n) is 1.69. The average Bonchev–Trinajstić information content (AvgIpc) is 2.21. The maximum absolute atomic E-state index is 11.3. The van der Waals surface area contributed by atoms with E-state index in [0.717, 1.165) is 0 Å². The van der Waals surface area contributed by atoms with Gasteiger partial charge < -0.3 is 10.4 Å². The fourth-order valence-electron chi connectivity index (χ4n) is 0.988. The zero-order valence-electron chi connectivity index (χ0n) is 8.31. The molecule has 1 rings (SSSR count). The summed E-state index contributed by atoms with van der Waals surface area (Å²) >= 11 is 5.52. The molecule has 0 aliphatic carbocycles. The quantitative estimate of drug-likeness (QED) is 0.814. The molecule has 16 heavy (non-hydrogen) atoms. The van der Waals surface area contributed by atoms with Crippen LogP contribution in [0.25, 0.3) is 0 Å². The Kier molecular flexibility index (Phi) is 4.65. The number of halogens is 1. The molecule has 1 aromatic rings. The molecule has 0 bridgehead atoms. The van der Waals surface area contributed by atoms with Gasteiger partial charge in [0.15, 0.2) is 11.0 Å². The van der Waals surface area contributed by atoms with Crippen molar-refractivity contribution in [2.24, 2.45) is 0 Å². The van der Waals surface area contributed by atoms with E-state index in [9.17, 15) is 9.59 Å². The second-order valence-electron chi connectivity index (χ2n) is 3.04. The Balaban J connectivity index is 2.34. The van der Waals surface area contributed by atoms with Crippen LogP contribution in [0.15, 0.2) is 12.1 Å². The van der Waals surface area contributed by atoms with Crippen molar-refractivity contribution in [1.82, 2.24) is 10.2 Å². The van der Waals surface area contributed by atoms with Gasteiger partial charge in [-0.2, -0.15) is 0 Å². The summed E-state index contributed by atoms with van der Waals surface area (Å²) in [5, 5.41) is 18.3. The SMILES string of the molecule is O=C(O)CCCC(=O)Nc1ccc(Cl)nn1. The summed E-state index contributed by atoms with van der Waals surface area (Å²) < 4.78 is 0. The summed E-state index contributed by atoms with van der Waals surface area (Å²) in [4.78, 5) is 21.5. The van der Waals surface area contributed by atoms with Crippen LogP contribution in [0.4, 0.5) is 5.82 Å². The number of anilines is 1. The maximum Gasteiger partial charge on any atom is 0.303 e. The van der Waals surface area contributed by atoms with Crippen LogP contribution >= 0.6 is 11.6 Å². The number of nitrogens with one attached hydrogen (secondary N) is 1. The lowest BCUT2D eigenvalue weighted by molar-refractivity contribution is -0.137. The molecule has 1 heterocycles. The van der Waals surface area contributed by atoms with Crippen LogP contribution < -0.4 is 5.32 Å². The van der Waals surface area contributed by atoms with Crippen molar-refractivity contribution < 1.29 is 14.7 Å². The van der Waals surface area contributed by atoms with Crippen LogP contribution in [0, 0.1) is 0 Å². The van der Waals surface area contributed by atoms with Gasteiger partial charge in [-0.25, -0.2) is 0 Å². The van der Waals surface area contributed by atoms with Crippen LogP contribution in [0.2, 0.25) is 5.15 Å². The fourth-order valence-corrected chi connectivity index (χ4v) is 1.09. The molecule has 0 aliphatic heterocycles. The number of nitrogens with zero attached hydrogens (tertiary/aromatic N) is 2. The smallest absolute Gasteiger partial charge is 0.303 e. The van der Waals surface area contributed by atoms with Crippen LogP contribution in [-0.4, -0.2) is 27.2 Å². The zero-order valence-corrected chi connectivity index (χ0v) is 9.07. The number of carbonyl (C=O) groups excluding carboxylic acids is 1. The molecular formula is C9H10ClN3O3. The highest BCUT2D eigenvalue weighted by Crippen LogP contribution is 2.07. The molecule has 0 fully saturated rings. The third kappa shape index (κ3) is 4.70. The van der Waals surface area contributed by atoms with Crippen LogP contribution in [-0.2, 0) is 9.59 Å². The van der Waals surface area contributed by atoms with Crippen molar-refractivity contribution in [2.45, 2.75) is 19.3 Å². The Hall–Kier alpha value is -1.69. The van der Waals surface area contributed by atoms with Crippen molar-refractivity contribution in [2.75, 3.05) is 5.32 Å². The van der Waals surface area contributed by atoms with Crippen molar-refractivity contribution >= 4 is 29.3 Å². The number of carboxylic acid groups (broad SMARTS) is 1. The molecule has 1 aromatic heterocycles. The molecule has 0 aliphatic rings.